The molecule has 0 unspecified atom stereocenters. The molecule has 0 atom stereocenters. The lowest BCUT2D eigenvalue weighted by Gasteiger charge is -2.12. The number of hydrogen-bond acceptors (Lipinski definition) is 5. The summed E-state index contributed by atoms with van der Waals surface area (Å²) in [6.45, 7) is 9.84. The van der Waals surface area contributed by atoms with Crippen LogP contribution in [-0.4, -0.2) is 36.2 Å². The maximum absolute atomic E-state index is 15.2. The Morgan fingerprint density at radius 2 is 1.94 bits per heavy atom. The van der Waals surface area contributed by atoms with Gasteiger partial charge in [-0.1, -0.05) is 12.7 Å². The van der Waals surface area contributed by atoms with Gasteiger partial charge in [0.2, 0.25) is 0 Å². The molecule has 0 amide bonds. The molecule has 8 heteroatoms. The van der Waals surface area contributed by atoms with Crippen molar-refractivity contribution in [3.05, 3.63) is 90.8 Å². The van der Waals surface area contributed by atoms with Crippen LogP contribution in [0.4, 0.5) is 4.39 Å². The van der Waals surface area contributed by atoms with Gasteiger partial charge in [-0.3, -0.25) is 10.1 Å². The molecule has 0 fully saturated rings. The molecular weight excluding hydrogens is 453 g/mol. The summed E-state index contributed by atoms with van der Waals surface area (Å²) in [4.78, 5) is 16.6. The first-order valence-corrected chi connectivity index (χ1v) is 11.7. The highest BCUT2D eigenvalue weighted by molar-refractivity contribution is 5.97. The minimum absolute atomic E-state index is 0.221. The van der Waals surface area contributed by atoms with Crippen molar-refractivity contribution in [3.8, 4) is 22.6 Å². The lowest BCUT2D eigenvalue weighted by Crippen LogP contribution is -2.20. The molecule has 0 spiro atoms. The van der Waals surface area contributed by atoms with Gasteiger partial charge in [-0.15, -0.1) is 0 Å². The highest BCUT2D eigenvalue weighted by Gasteiger charge is 2.18. The molecule has 180 valence electrons. The number of aromatic amines is 2. The number of imidazole rings is 1. The zero-order chi connectivity index (χ0) is 25.2. The molecule has 4 heterocycles. The molecule has 0 bridgehead atoms. The molecular formula is C28H26FN7. The molecule has 0 radical (unpaired) electrons. The number of nitrogens with zero attached hydrogens (tertiary/aromatic N) is 4. The zero-order valence-corrected chi connectivity index (χ0v) is 20.3. The van der Waals surface area contributed by atoms with E-state index in [1.807, 2.05) is 51.1 Å². The summed E-state index contributed by atoms with van der Waals surface area (Å²) in [5, 5.41) is 11.5. The highest BCUT2D eigenvalue weighted by atomic mass is 19.1. The van der Waals surface area contributed by atoms with Gasteiger partial charge < -0.3 is 10.3 Å². The maximum Gasteiger partial charge on any atom is 0.178 e. The van der Waals surface area contributed by atoms with Crippen LogP contribution in [0.15, 0.2) is 79.4 Å². The van der Waals surface area contributed by atoms with Crippen LogP contribution in [0.25, 0.3) is 50.3 Å². The number of halogens is 1. The fraction of sp³-hybridized carbons (Fsp3) is 0.143. The predicted molar refractivity (Wildman–Crippen MR) is 142 cm³/mol. The summed E-state index contributed by atoms with van der Waals surface area (Å²) in [5.41, 5.74) is 6.52. The lowest BCUT2D eigenvalue weighted by atomic mass is 10.0. The molecule has 5 rings (SSSR count). The molecule has 0 saturated carbocycles. The van der Waals surface area contributed by atoms with E-state index >= 15 is 4.39 Å². The van der Waals surface area contributed by atoms with E-state index in [1.54, 1.807) is 30.7 Å². The molecule has 0 aliphatic rings. The summed E-state index contributed by atoms with van der Waals surface area (Å²) < 4.78 is 15.2. The number of aromatic nitrogens is 6. The van der Waals surface area contributed by atoms with Gasteiger partial charge in [0.1, 0.15) is 11.5 Å². The standard InChI is InChI=1S/C28H26FN7/c1-5-17(13-19(6-2)32-16(3)4)21-14-22-24(15-23(21)29)35-36-26(22)28-33-25-20(9-12-31-27(25)34-28)18-7-10-30-11-8-18/h5-16,32H,2H2,1,3-4H3,(H,35,36)(H,31,33,34)/b17-5+,19-13+. The van der Waals surface area contributed by atoms with Crippen LogP contribution in [-0.2, 0) is 0 Å². The Balaban J connectivity index is 1.63. The zero-order valence-electron chi connectivity index (χ0n) is 20.3. The average molecular weight is 480 g/mol. The molecule has 1 aromatic carbocycles. The number of hydrogen-bond donors (Lipinski definition) is 3. The number of allylic oxidation sites excluding steroid dienone is 4. The number of H-pyrrole nitrogens is 2. The lowest BCUT2D eigenvalue weighted by molar-refractivity contribution is 0.626. The van der Waals surface area contributed by atoms with Gasteiger partial charge >= 0.3 is 0 Å². The van der Waals surface area contributed by atoms with Crippen LogP contribution in [0, 0.1) is 5.82 Å². The quantitative estimate of drug-likeness (QED) is 0.243. The largest absolute Gasteiger partial charge is 0.383 e. The van der Waals surface area contributed by atoms with Crippen molar-refractivity contribution in [1.29, 1.82) is 0 Å². The fourth-order valence-electron chi connectivity index (χ4n) is 4.21. The van der Waals surface area contributed by atoms with Gasteiger partial charge in [-0.2, -0.15) is 5.10 Å². The Bertz CT molecular complexity index is 1620. The van der Waals surface area contributed by atoms with Crippen LogP contribution < -0.4 is 5.32 Å². The molecule has 0 saturated heterocycles. The number of nitrogens with one attached hydrogen (secondary N) is 3. The Hall–Kier alpha value is -4.59. The molecule has 7 nitrogen and oxygen atoms in total. The highest BCUT2D eigenvalue weighted by Crippen LogP contribution is 2.33. The SMILES string of the molecule is C=C/C(=C\C(=C/C)c1cc2c(-c3nc4nccc(-c5ccncc5)c4[nH]3)n[nH]c2cc1F)NC(C)C. The second-order valence-electron chi connectivity index (χ2n) is 8.68. The summed E-state index contributed by atoms with van der Waals surface area (Å²) in [5.74, 6) is 0.204. The van der Waals surface area contributed by atoms with Gasteiger partial charge in [0, 0.05) is 52.9 Å². The van der Waals surface area contributed by atoms with Crippen molar-refractivity contribution < 1.29 is 4.39 Å². The van der Waals surface area contributed by atoms with E-state index in [0.717, 1.165) is 33.3 Å². The third kappa shape index (κ3) is 4.29. The second kappa shape index (κ2) is 9.58. The smallest absolute Gasteiger partial charge is 0.178 e. The van der Waals surface area contributed by atoms with Gasteiger partial charge in [-0.25, -0.2) is 14.4 Å². The Labute approximate surface area is 207 Å². The first kappa shape index (κ1) is 23.2. The maximum atomic E-state index is 15.2. The van der Waals surface area contributed by atoms with Crippen molar-refractivity contribution in [2.24, 2.45) is 0 Å². The van der Waals surface area contributed by atoms with Crippen LogP contribution in [0.2, 0.25) is 0 Å². The van der Waals surface area contributed by atoms with Gasteiger partial charge in [0.15, 0.2) is 11.5 Å². The number of fused-ring (bicyclic) bond motifs is 2. The van der Waals surface area contributed by atoms with Crippen molar-refractivity contribution >= 4 is 27.6 Å². The second-order valence-corrected chi connectivity index (χ2v) is 8.68. The van der Waals surface area contributed by atoms with E-state index in [4.69, 9.17) is 4.98 Å². The topological polar surface area (TPSA) is 95.2 Å². The number of pyridine rings is 2. The van der Waals surface area contributed by atoms with Crippen LogP contribution in [0.3, 0.4) is 0 Å². The number of rotatable bonds is 7. The Morgan fingerprint density at radius 1 is 1.14 bits per heavy atom. The first-order valence-electron chi connectivity index (χ1n) is 11.7. The molecule has 5 aromatic rings. The van der Waals surface area contributed by atoms with Crippen molar-refractivity contribution in [1.82, 2.24) is 35.5 Å². The van der Waals surface area contributed by atoms with Crippen molar-refractivity contribution in [2.45, 2.75) is 26.8 Å². The third-order valence-corrected chi connectivity index (χ3v) is 5.87. The van der Waals surface area contributed by atoms with Crippen LogP contribution in [0.1, 0.15) is 26.3 Å². The van der Waals surface area contributed by atoms with Crippen molar-refractivity contribution in [2.75, 3.05) is 0 Å². The van der Waals surface area contributed by atoms with E-state index in [0.29, 0.717) is 28.2 Å². The van der Waals surface area contributed by atoms with Gasteiger partial charge in [-0.05, 0) is 68.3 Å². The molecule has 4 aromatic heterocycles. The van der Waals surface area contributed by atoms with E-state index in [9.17, 15) is 0 Å². The van der Waals surface area contributed by atoms with Crippen LogP contribution in [0.5, 0.6) is 0 Å². The van der Waals surface area contributed by atoms with E-state index in [2.05, 4.69) is 37.0 Å². The minimum Gasteiger partial charge on any atom is -0.383 e. The predicted octanol–water partition coefficient (Wildman–Crippen LogP) is 6.17. The molecule has 3 N–H and O–H groups in total. The van der Waals surface area contributed by atoms with Gasteiger partial charge in [0.25, 0.3) is 0 Å². The fourth-order valence-corrected chi connectivity index (χ4v) is 4.21. The van der Waals surface area contributed by atoms with Crippen molar-refractivity contribution in [3.63, 3.8) is 0 Å². The van der Waals surface area contributed by atoms with E-state index in [-0.39, 0.29) is 11.9 Å². The molecule has 36 heavy (non-hydrogen) atoms. The van der Waals surface area contributed by atoms with E-state index in [1.165, 1.54) is 6.07 Å². The molecule has 0 aliphatic carbocycles. The average Bonchev–Trinajstić information content (AvgIpc) is 3.50. The molecule has 0 aliphatic heterocycles. The summed E-state index contributed by atoms with van der Waals surface area (Å²) in [6.07, 6.45) is 10.7. The summed E-state index contributed by atoms with van der Waals surface area (Å²) >= 11 is 0. The van der Waals surface area contributed by atoms with Gasteiger partial charge in [0.05, 0.1) is 11.0 Å². The third-order valence-electron chi connectivity index (χ3n) is 5.87. The minimum atomic E-state index is -0.346. The summed E-state index contributed by atoms with van der Waals surface area (Å²) in [6, 6.07) is 9.29. The normalized spacial score (nSPS) is 12.6. The number of benzene rings is 1. The Kier molecular flexibility index (Phi) is 6.16. The summed E-state index contributed by atoms with van der Waals surface area (Å²) in [7, 11) is 0. The Morgan fingerprint density at radius 3 is 2.67 bits per heavy atom. The first-order chi connectivity index (χ1) is 17.5. The monoisotopic (exact) mass is 479 g/mol. The van der Waals surface area contributed by atoms with E-state index < -0.39 is 0 Å². The van der Waals surface area contributed by atoms with Crippen LogP contribution >= 0.6 is 0 Å².